The molecule has 0 aliphatic carbocycles. The van der Waals surface area contributed by atoms with E-state index in [1.807, 2.05) is 0 Å². The van der Waals surface area contributed by atoms with Crippen LogP contribution in [0.4, 0.5) is 65.9 Å². The third-order valence-electron chi connectivity index (χ3n) is 3.84. The average Bonchev–Trinajstić information content (AvgIpc) is 2.59. The monoisotopic (exact) mass is 506 g/mol. The highest BCUT2D eigenvalue weighted by atomic mass is 19.4. The summed E-state index contributed by atoms with van der Waals surface area (Å²) >= 11 is 0. The fraction of sp³-hybridized carbons (Fsp3) is 0.500. The number of phenols is 2. The van der Waals surface area contributed by atoms with Crippen molar-refractivity contribution >= 4 is 5.78 Å². The van der Waals surface area contributed by atoms with Crippen molar-refractivity contribution in [3.63, 3.8) is 0 Å². The molecular weight excluding hydrogens is 501 g/mol. The summed E-state index contributed by atoms with van der Waals surface area (Å²) in [5.74, 6) is -55.3. The van der Waals surface area contributed by atoms with Crippen molar-refractivity contribution in [3.8, 4) is 11.5 Å². The van der Waals surface area contributed by atoms with Gasteiger partial charge in [-0.15, -0.1) is 0 Å². The van der Waals surface area contributed by atoms with Gasteiger partial charge in [0.2, 0.25) is 5.78 Å². The largest absolute Gasteiger partial charge is 0.508 e. The van der Waals surface area contributed by atoms with Crippen LogP contribution in [0.15, 0.2) is 18.2 Å². The van der Waals surface area contributed by atoms with Gasteiger partial charge >= 0.3 is 41.7 Å². The van der Waals surface area contributed by atoms with Gasteiger partial charge in [0.15, 0.2) is 0 Å². The molecule has 0 bridgehead atoms. The number of hydrogen-bond donors (Lipinski definition) is 2. The lowest BCUT2D eigenvalue weighted by Gasteiger charge is -2.41. The van der Waals surface area contributed by atoms with E-state index in [2.05, 4.69) is 0 Å². The Morgan fingerprint density at radius 3 is 1.34 bits per heavy atom. The molecule has 32 heavy (non-hydrogen) atoms. The summed E-state index contributed by atoms with van der Waals surface area (Å²) in [6.45, 7) is 0. The Hall–Kier alpha value is -2.56. The highest BCUT2D eigenvalue weighted by molar-refractivity contribution is 6.04. The van der Waals surface area contributed by atoms with Crippen LogP contribution in [0.5, 0.6) is 11.5 Å². The van der Waals surface area contributed by atoms with Gasteiger partial charge in [-0.2, -0.15) is 65.9 Å². The molecule has 2 N–H and O–H groups in total. The lowest BCUT2D eigenvalue weighted by atomic mass is 9.88. The zero-order chi connectivity index (χ0) is 25.9. The molecule has 0 amide bonds. The lowest BCUT2D eigenvalue weighted by molar-refractivity contribution is -0.449. The van der Waals surface area contributed by atoms with Crippen LogP contribution < -0.4 is 0 Å². The van der Waals surface area contributed by atoms with Gasteiger partial charge < -0.3 is 10.2 Å². The van der Waals surface area contributed by atoms with E-state index in [1.54, 1.807) is 0 Å². The van der Waals surface area contributed by atoms with E-state index in [1.165, 1.54) is 0 Å². The first-order valence-electron chi connectivity index (χ1n) is 7.22. The molecule has 0 spiro atoms. The Morgan fingerprint density at radius 2 is 0.969 bits per heavy atom. The molecular formula is C14H5F15O3. The van der Waals surface area contributed by atoms with Gasteiger partial charge in [0.05, 0.1) is 5.56 Å². The first-order chi connectivity index (χ1) is 13.8. The summed E-state index contributed by atoms with van der Waals surface area (Å²) < 4.78 is 196. The molecule has 0 aromatic heterocycles. The number of Topliss-reactive ketones (excluding diaryl/α,β-unsaturated/α-hetero) is 1. The highest BCUT2D eigenvalue weighted by Crippen LogP contribution is 2.62. The quantitative estimate of drug-likeness (QED) is 0.371. The fourth-order valence-corrected chi connectivity index (χ4v) is 1.99. The topological polar surface area (TPSA) is 57.5 Å². The maximum atomic E-state index is 13.8. The van der Waals surface area contributed by atoms with Crippen LogP contribution in [-0.4, -0.2) is 57.7 Å². The minimum Gasteiger partial charge on any atom is -0.508 e. The smallest absolute Gasteiger partial charge is 0.460 e. The van der Waals surface area contributed by atoms with Crippen molar-refractivity contribution in [1.82, 2.24) is 0 Å². The maximum Gasteiger partial charge on any atom is 0.460 e. The van der Waals surface area contributed by atoms with Gasteiger partial charge in [0, 0.05) is 6.07 Å². The highest BCUT2D eigenvalue weighted by Gasteiger charge is 2.94. The van der Waals surface area contributed by atoms with Crippen molar-refractivity contribution in [2.75, 3.05) is 0 Å². The first kappa shape index (κ1) is 27.5. The average molecular weight is 506 g/mol. The molecule has 0 saturated heterocycles. The summed E-state index contributed by atoms with van der Waals surface area (Å²) in [5.41, 5.74) is -2.07. The number of carbonyl (C=O) groups excluding carboxylic acids is 1. The standard InChI is InChI=1S/C14H5F15O3/c15-8(16,7(32)5-2-1-4(30)3-6(5)31)9(17,18)10(19,20)11(21,22)12(23,24)13(25,26)14(27,28)29/h1-3,30-31H. The van der Waals surface area contributed by atoms with Crippen LogP contribution in [0, 0.1) is 0 Å². The Morgan fingerprint density at radius 1 is 0.594 bits per heavy atom. The van der Waals surface area contributed by atoms with Crippen molar-refractivity contribution in [1.29, 1.82) is 0 Å². The Kier molecular flexibility index (Phi) is 6.20. The molecule has 184 valence electrons. The van der Waals surface area contributed by atoms with E-state index in [4.69, 9.17) is 10.2 Å². The number of hydrogen-bond acceptors (Lipinski definition) is 3. The molecule has 0 unspecified atom stereocenters. The number of ketones is 1. The van der Waals surface area contributed by atoms with Gasteiger partial charge in [-0.3, -0.25) is 4.79 Å². The normalized spacial score (nSPS) is 15.1. The van der Waals surface area contributed by atoms with Crippen molar-refractivity contribution in [3.05, 3.63) is 23.8 Å². The summed E-state index contributed by atoms with van der Waals surface area (Å²) in [7, 11) is 0. The number of phenolic OH excluding ortho intramolecular Hbond substituents is 2. The van der Waals surface area contributed by atoms with E-state index >= 15 is 0 Å². The van der Waals surface area contributed by atoms with Crippen LogP contribution >= 0.6 is 0 Å². The predicted molar refractivity (Wildman–Crippen MR) is 69.8 cm³/mol. The summed E-state index contributed by atoms with van der Waals surface area (Å²) in [6, 6.07) is 0.0396. The molecule has 0 heterocycles. The van der Waals surface area contributed by atoms with Crippen LogP contribution in [0.2, 0.25) is 0 Å². The second-order valence-electron chi connectivity index (χ2n) is 5.97. The summed E-state index contributed by atoms with van der Waals surface area (Å²) in [5, 5.41) is 18.0. The first-order valence-corrected chi connectivity index (χ1v) is 7.22. The van der Waals surface area contributed by atoms with Gasteiger partial charge in [-0.1, -0.05) is 0 Å². The van der Waals surface area contributed by atoms with E-state index < -0.39 is 64.6 Å². The van der Waals surface area contributed by atoms with Crippen molar-refractivity contribution in [2.24, 2.45) is 0 Å². The van der Waals surface area contributed by atoms with Crippen LogP contribution in [0.3, 0.4) is 0 Å². The van der Waals surface area contributed by atoms with Crippen molar-refractivity contribution in [2.45, 2.75) is 41.7 Å². The van der Waals surface area contributed by atoms with Gasteiger partial charge in [0.25, 0.3) is 0 Å². The van der Waals surface area contributed by atoms with Crippen LogP contribution in [0.1, 0.15) is 10.4 Å². The third kappa shape index (κ3) is 3.46. The summed E-state index contributed by atoms with van der Waals surface area (Å²) in [6.07, 6.45) is -7.73. The Bertz CT molecular complexity index is 888. The number of halogens is 15. The molecule has 0 saturated carbocycles. The van der Waals surface area contributed by atoms with E-state index in [-0.39, 0.29) is 18.2 Å². The molecule has 0 atom stereocenters. The van der Waals surface area contributed by atoms with Crippen LogP contribution in [0.25, 0.3) is 0 Å². The second kappa shape index (κ2) is 7.23. The van der Waals surface area contributed by atoms with E-state index in [0.717, 1.165) is 0 Å². The third-order valence-corrected chi connectivity index (χ3v) is 3.84. The number of benzene rings is 1. The van der Waals surface area contributed by atoms with Gasteiger partial charge in [0.1, 0.15) is 11.5 Å². The molecule has 0 aliphatic heterocycles. The predicted octanol–water partition coefficient (Wildman–Crippen LogP) is 5.65. The maximum absolute atomic E-state index is 13.8. The molecule has 18 heteroatoms. The number of rotatable bonds is 7. The molecule has 1 aromatic rings. The lowest BCUT2D eigenvalue weighted by Crippen LogP contribution is -2.73. The van der Waals surface area contributed by atoms with E-state index in [0.29, 0.717) is 0 Å². The Labute approximate surface area is 165 Å². The Balaban J connectivity index is 3.66. The minimum atomic E-state index is -8.52. The SMILES string of the molecule is O=C(c1ccc(O)cc1O)C(F)(F)C(F)(F)C(F)(F)C(F)(F)C(F)(F)C(F)(F)C(F)(F)F. The van der Waals surface area contributed by atoms with E-state index in [9.17, 15) is 70.7 Å². The van der Waals surface area contributed by atoms with Crippen molar-refractivity contribution < 1.29 is 80.9 Å². The fourth-order valence-electron chi connectivity index (χ4n) is 1.99. The molecule has 1 aromatic carbocycles. The summed E-state index contributed by atoms with van der Waals surface area (Å²) in [4.78, 5) is 11.5. The zero-order valence-corrected chi connectivity index (χ0v) is 14.2. The molecule has 0 fully saturated rings. The van der Waals surface area contributed by atoms with Gasteiger partial charge in [-0.05, 0) is 12.1 Å². The zero-order valence-electron chi connectivity index (χ0n) is 14.2. The molecule has 1 rings (SSSR count). The number of aromatic hydroxyl groups is 2. The molecule has 0 aliphatic rings. The van der Waals surface area contributed by atoms with Crippen LogP contribution in [-0.2, 0) is 0 Å². The molecule has 3 nitrogen and oxygen atoms in total. The molecule has 0 radical (unpaired) electrons. The van der Waals surface area contributed by atoms with Gasteiger partial charge in [-0.25, -0.2) is 0 Å². The minimum absolute atomic E-state index is 0.0216. The number of carbonyl (C=O) groups is 1. The second-order valence-corrected chi connectivity index (χ2v) is 5.97. The number of alkyl halides is 15.